The normalized spacial score (nSPS) is 27.8. The lowest BCUT2D eigenvalue weighted by Crippen LogP contribution is -2.55. The minimum atomic E-state index is -0.0511. The van der Waals surface area contributed by atoms with Gasteiger partial charge in [-0.05, 0) is 52.9 Å². The maximum absolute atomic E-state index is 12.7. The van der Waals surface area contributed by atoms with Gasteiger partial charge in [-0.2, -0.15) is 0 Å². The van der Waals surface area contributed by atoms with Gasteiger partial charge in [0.2, 0.25) is 5.91 Å². The molecule has 5 nitrogen and oxygen atoms in total. The molecule has 3 fully saturated rings. The third-order valence-electron chi connectivity index (χ3n) is 5.63. The Morgan fingerprint density at radius 2 is 1.71 bits per heavy atom. The number of piperazine rings is 1. The van der Waals surface area contributed by atoms with Gasteiger partial charge in [0, 0.05) is 38.8 Å². The molecule has 2 heterocycles. The fourth-order valence-corrected chi connectivity index (χ4v) is 3.94. The molecule has 1 aliphatic carbocycles. The van der Waals surface area contributed by atoms with Crippen molar-refractivity contribution in [3.05, 3.63) is 0 Å². The fraction of sp³-hybridized carbons (Fsp3) is 0.938. The van der Waals surface area contributed by atoms with E-state index in [2.05, 4.69) is 27.1 Å². The molecule has 2 saturated heterocycles. The minimum Gasteiger partial charge on any atom is -0.340 e. The Bertz CT molecular complexity index is 366. The van der Waals surface area contributed by atoms with Crippen LogP contribution in [-0.4, -0.2) is 86.6 Å². The molecule has 1 N–H and O–H groups in total. The van der Waals surface area contributed by atoms with Crippen molar-refractivity contribution in [1.29, 1.82) is 0 Å². The van der Waals surface area contributed by atoms with Gasteiger partial charge in [-0.25, -0.2) is 0 Å². The standard InChI is InChI=1S/C16H30N4O/c1-17-13-16(5-6-16)15(21)20-11-9-19(10-12-20)14-3-7-18(2)8-4-14/h14,17H,3-13H2,1-2H3. The molecule has 0 atom stereocenters. The van der Waals surface area contributed by atoms with Gasteiger partial charge in [0.05, 0.1) is 5.41 Å². The van der Waals surface area contributed by atoms with Crippen LogP contribution in [0.25, 0.3) is 0 Å². The number of rotatable bonds is 4. The monoisotopic (exact) mass is 294 g/mol. The van der Waals surface area contributed by atoms with Crippen molar-refractivity contribution < 1.29 is 4.79 Å². The number of nitrogens with one attached hydrogen (secondary N) is 1. The van der Waals surface area contributed by atoms with E-state index in [0.29, 0.717) is 5.91 Å². The molecule has 0 radical (unpaired) electrons. The van der Waals surface area contributed by atoms with Gasteiger partial charge in [0.25, 0.3) is 0 Å². The van der Waals surface area contributed by atoms with E-state index in [-0.39, 0.29) is 5.41 Å². The first kappa shape index (κ1) is 15.3. The zero-order valence-electron chi connectivity index (χ0n) is 13.6. The van der Waals surface area contributed by atoms with E-state index in [1.54, 1.807) is 0 Å². The van der Waals surface area contributed by atoms with Crippen LogP contribution in [-0.2, 0) is 4.79 Å². The second-order valence-corrected chi connectivity index (χ2v) is 7.17. The van der Waals surface area contributed by atoms with Gasteiger partial charge < -0.3 is 15.1 Å². The number of likely N-dealkylation sites (tertiary alicyclic amines) is 1. The predicted molar refractivity (Wildman–Crippen MR) is 84.3 cm³/mol. The number of amides is 1. The van der Waals surface area contributed by atoms with Crippen LogP contribution in [0.4, 0.5) is 0 Å². The van der Waals surface area contributed by atoms with Gasteiger partial charge in [0.1, 0.15) is 0 Å². The average molecular weight is 294 g/mol. The smallest absolute Gasteiger partial charge is 0.230 e. The summed E-state index contributed by atoms with van der Waals surface area (Å²) >= 11 is 0. The Kier molecular flexibility index (Phi) is 4.52. The number of piperidine rings is 1. The summed E-state index contributed by atoms with van der Waals surface area (Å²) in [5.74, 6) is 0.403. The van der Waals surface area contributed by atoms with Crippen LogP contribution in [0.1, 0.15) is 25.7 Å². The van der Waals surface area contributed by atoms with E-state index >= 15 is 0 Å². The molecule has 120 valence electrons. The van der Waals surface area contributed by atoms with Gasteiger partial charge in [-0.15, -0.1) is 0 Å². The molecule has 0 aromatic carbocycles. The van der Waals surface area contributed by atoms with Gasteiger partial charge in [-0.1, -0.05) is 0 Å². The summed E-state index contributed by atoms with van der Waals surface area (Å²) in [5.41, 5.74) is -0.0511. The molecule has 0 aromatic heterocycles. The lowest BCUT2D eigenvalue weighted by atomic mass is 10.0. The van der Waals surface area contributed by atoms with Crippen LogP contribution in [0.15, 0.2) is 0 Å². The highest BCUT2D eigenvalue weighted by molar-refractivity contribution is 5.85. The third-order valence-corrected chi connectivity index (χ3v) is 5.63. The topological polar surface area (TPSA) is 38.8 Å². The van der Waals surface area contributed by atoms with Crippen molar-refractivity contribution in [2.24, 2.45) is 5.41 Å². The molecule has 21 heavy (non-hydrogen) atoms. The maximum Gasteiger partial charge on any atom is 0.230 e. The van der Waals surface area contributed by atoms with Crippen molar-refractivity contribution in [3.8, 4) is 0 Å². The van der Waals surface area contributed by atoms with Crippen molar-refractivity contribution in [1.82, 2.24) is 20.0 Å². The summed E-state index contributed by atoms with van der Waals surface area (Å²) in [6.07, 6.45) is 4.71. The maximum atomic E-state index is 12.7. The molecule has 2 aliphatic heterocycles. The van der Waals surface area contributed by atoms with E-state index in [1.165, 1.54) is 25.9 Å². The molecule has 0 unspecified atom stereocenters. The van der Waals surface area contributed by atoms with E-state index in [9.17, 15) is 4.79 Å². The third kappa shape index (κ3) is 3.25. The summed E-state index contributed by atoms with van der Waals surface area (Å²) in [5, 5.41) is 3.19. The van der Waals surface area contributed by atoms with Crippen LogP contribution < -0.4 is 5.32 Å². The largest absolute Gasteiger partial charge is 0.340 e. The number of carbonyl (C=O) groups excluding carboxylic acids is 1. The Hall–Kier alpha value is -0.650. The van der Waals surface area contributed by atoms with Crippen molar-refractivity contribution in [2.45, 2.75) is 31.7 Å². The minimum absolute atomic E-state index is 0.0511. The number of carbonyl (C=O) groups is 1. The quantitative estimate of drug-likeness (QED) is 0.805. The van der Waals surface area contributed by atoms with E-state index < -0.39 is 0 Å². The lowest BCUT2D eigenvalue weighted by Gasteiger charge is -2.42. The van der Waals surface area contributed by atoms with Crippen molar-refractivity contribution in [2.75, 3.05) is 59.9 Å². The second kappa shape index (κ2) is 6.23. The molecule has 5 heteroatoms. The van der Waals surface area contributed by atoms with Crippen LogP contribution in [0.2, 0.25) is 0 Å². The molecular formula is C16H30N4O. The van der Waals surface area contributed by atoms with Crippen LogP contribution in [0.3, 0.4) is 0 Å². The molecular weight excluding hydrogens is 264 g/mol. The molecule has 3 rings (SSSR count). The van der Waals surface area contributed by atoms with Gasteiger partial charge in [-0.3, -0.25) is 9.69 Å². The van der Waals surface area contributed by atoms with E-state index in [4.69, 9.17) is 0 Å². The first-order chi connectivity index (χ1) is 10.1. The zero-order valence-corrected chi connectivity index (χ0v) is 13.6. The predicted octanol–water partition coefficient (Wildman–Crippen LogP) is 0.224. The highest BCUT2D eigenvalue weighted by Crippen LogP contribution is 2.46. The summed E-state index contributed by atoms with van der Waals surface area (Å²) in [7, 11) is 4.16. The van der Waals surface area contributed by atoms with Crippen molar-refractivity contribution >= 4 is 5.91 Å². The summed E-state index contributed by atoms with van der Waals surface area (Å²) in [6.45, 7) is 7.27. The highest BCUT2D eigenvalue weighted by atomic mass is 16.2. The van der Waals surface area contributed by atoms with Crippen LogP contribution in [0.5, 0.6) is 0 Å². The van der Waals surface area contributed by atoms with E-state index in [0.717, 1.165) is 51.6 Å². The Balaban J connectivity index is 1.48. The Morgan fingerprint density at radius 3 is 2.24 bits per heavy atom. The summed E-state index contributed by atoms with van der Waals surface area (Å²) < 4.78 is 0. The SMILES string of the molecule is CNCC1(C(=O)N2CCN(C3CCN(C)CC3)CC2)CC1. The second-order valence-electron chi connectivity index (χ2n) is 7.17. The molecule has 0 bridgehead atoms. The first-order valence-corrected chi connectivity index (χ1v) is 8.51. The average Bonchev–Trinajstić information content (AvgIpc) is 3.29. The lowest BCUT2D eigenvalue weighted by molar-refractivity contribution is -0.139. The number of hydrogen-bond donors (Lipinski definition) is 1. The summed E-state index contributed by atoms with van der Waals surface area (Å²) in [4.78, 5) is 19.8. The highest BCUT2D eigenvalue weighted by Gasteiger charge is 2.51. The zero-order chi connectivity index (χ0) is 14.9. The molecule has 0 aromatic rings. The summed E-state index contributed by atoms with van der Waals surface area (Å²) in [6, 6.07) is 0.741. The Labute approximate surface area is 128 Å². The van der Waals surface area contributed by atoms with Gasteiger partial charge in [0.15, 0.2) is 0 Å². The van der Waals surface area contributed by atoms with Crippen LogP contribution >= 0.6 is 0 Å². The van der Waals surface area contributed by atoms with E-state index in [1.807, 2.05) is 7.05 Å². The molecule has 3 aliphatic rings. The van der Waals surface area contributed by atoms with Gasteiger partial charge >= 0.3 is 0 Å². The number of nitrogens with zero attached hydrogens (tertiary/aromatic N) is 3. The Morgan fingerprint density at radius 1 is 1.10 bits per heavy atom. The number of hydrogen-bond acceptors (Lipinski definition) is 4. The van der Waals surface area contributed by atoms with Crippen molar-refractivity contribution in [3.63, 3.8) is 0 Å². The molecule has 1 amide bonds. The molecule has 1 saturated carbocycles. The molecule has 0 spiro atoms. The van der Waals surface area contributed by atoms with Crippen LogP contribution in [0, 0.1) is 5.41 Å². The first-order valence-electron chi connectivity index (χ1n) is 8.51. The fourth-order valence-electron chi connectivity index (χ4n) is 3.94.